The maximum absolute atomic E-state index is 12.5. The number of aromatic nitrogens is 1. The number of aryl methyl sites for hydroxylation is 1. The minimum absolute atomic E-state index is 0.355. The highest BCUT2D eigenvalue weighted by atomic mass is 35.5. The first-order valence-electron chi connectivity index (χ1n) is 7.35. The molecule has 5 nitrogen and oxygen atoms in total. The first-order valence-corrected chi connectivity index (χ1v) is 7.73. The van der Waals surface area contributed by atoms with Crippen molar-refractivity contribution in [3.8, 4) is 5.69 Å². The Labute approximate surface area is 138 Å². The summed E-state index contributed by atoms with van der Waals surface area (Å²) in [6.45, 7) is 3.73. The van der Waals surface area contributed by atoms with Crippen LogP contribution in [0.1, 0.15) is 34.6 Å². The normalized spacial score (nSPS) is 15.3. The lowest BCUT2D eigenvalue weighted by molar-refractivity contribution is -0.140. The van der Waals surface area contributed by atoms with Crippen molar-refractivity contribution in [1.82, 2.24) is 9.88 Å². The number of carboxylic acids is 1. The van der Waals surface area contributed by atoms with Crippen LogP contribution >= 0.6 is 11.6 Å². The van der Waals surface area contributed by atoms with Crippen molar-refractivity contribution < 1.29 is 14.7 Å². The Morgan fingerprint density at radius 1 is 1.26 bits per heavy atom. The van der Waals surface area contributed by atoms with E-state index in [0.29, 0.717) is 23.4 Å². The van der Waals surface area contributed by atoms with Gasteiger partial charge in [0.2, 0.25) is 0 Å². The minimum Gasteiger partial charge on any atom is -0.480 e. The van der Waals surface area contributed by atoms with Gasteiger partial charge in [-0.25, -0.2) is 4.79 Å². The fourth-order valence-corrected chi connectivity index (χ4v) is 2.99. The van der Waals surface area contributed by atoms with Crippen LogP contribution in [0.4, 0.5) is 0 Å². The molecule has 23 heavy (non-hydrogen) atoms. The molecule has 1 saturated carbocycles. The van der Waals surface area contributed by atoms with Gasteiger partial charge in [-0.05, 0) is 51.0 Å². The average molecular weight is 333 g/mol. The Bertz CT molecular complexity index is 806. The van der Waals surface area contributed by atoms with E-state index in [4.69, 9.17) is 11.6 Å². The molecule has 0 bridgehead atoms. The van der Waals surface area contributed by atoms with Crippen LogP contribution in [0.25, 0.3) is 5.69 Å². The number of benzene rings is 1. The number of nitrogens with zero attached hydrogens (tertiary/aromatic N) is 1. The molecule has 0 unspecified atom stereocenters. The van der Waals surface area contributed by atoms with Gasteiger partial charge in [-0.1, -0.05) is 17.7 Å². The molecule has 0 saturated heterocycles. The van der Waals surface area contributed by atoms with Gasteiger partial charge in [0.15, 0.2) is 0 Å². The Morgan fingerprint density at radius 3 is 2.52 bits per heavy atom. The van der Waals surface area contributed by atoms with E-state index < -0.39 is 11.5 Å². The molecule has 1 fully saturated rings. The van der Waals surface area contributed by atoms with E-state index in [9.17, 15) is 14.7 Å². The van der Waals surface area contributed by atoms with Crippen LogP contribution in [0.5, 0.6) is 0 Å². The molecule has 0 radical (unpaired) electrons. The van der Waals surface area contributed by atoms with Gasteiger partial charge in [0.1, 0.15) is 5.54 Å². The van der Waals surface area contributed by atoms with Gasteiger partial charge in [-0.15, -0.1) is 0 Å². The SMILES string of the molecule is Cc1cc(C(=O)NC2(C(=O)O)CC2)c(C)n1-c1cccc(Cl)c1. The molecule has 1 aliphatic carbocycles. The molecule has 1 aromatic heterocycles. The molecule has 1 amide bonds. The lowest BCUT2D eigenvalue weighted by atomic mass is 10.2. The van der Waals surface area contributed by atoms with Gasteiger partial charge >= 0.3 is 5.97 Å². The van der Waals surface area contributed by atoms with Crippen LogP contribution in [0, 0.1) is 13.8 Å². The van der Waals surface area contributed by atoms with Crippen molar-refractivity contribution in [3.05, 3.63) is 52.3 Å². The summed E-state index contributed by atoms with van der Waals surface area (Å²) in [6.07, 6.45) is 0.947. The highest BCUT2D eigenvalue weighted by Gasteiger charge is 2.51. The Morgan fingerprint density at radius 2 is 1.96 bits per heavy atom. The molecule has 1 heterocycles. The van der Waals surface area contributed by atoms with Crippen LogP contribution in [-0.4, -0.2) is 27.1 Å². The second kappa shape index (κ2) is 5.42. The van der Waals surface area contributed by atoms with Gasteiger partial charge in [-0.3, -0.25) is 4.79 Å². The predicted octanol–water partition coefficient (Wildman–Crippen LogP) is 3.09. The predicted molar refractivity (Wildman–Crippen MR) is 87.3 cm³/mol. The van der Waals surface area contributed by atoms with E-state index in [-0.39, 0.29) is 5.91 Å². The van der Waals surface area contributed by atoms with Crippen LogP contribution in [-0.2, 0) is 4.79 Å². The first-order chi connectivity index (χ1) is 10.8. The van der Waals surface area contributed by atoms with Crippen LogP contribution < -0.4 is 5.32 Å². The van der Waals surface area contributed by atoms with Crippen molar-refractivity contribution >= 4 is 23.5 Å². The highest BCUT2D eigenvalue weighted by molar-refractivity contribution is 6.30. The van der Waals surface area contributed by atoms with E-state index >= 15 is 0 Å². The van der Waals surface area contributed by atoms with Gasteiger partial charge in [0.05, 0.1) is 5.56 Å². The van der Waals surface area contributed by atoms with E-state index in [1.54, 1.807) is 12.1 Å². The molecule has 120 valence electrons. The number of aliphatic carboxylic acids is 1. The Kier molecular flexibility index (Phi) is 3.68. The molecular formula is C17H17ClN2O3. The summed E-state index contributed by atoms with van der Waals surface area (Å²) >= 11 is 6.04. The molecule has 3 rings (SSSR count). The molecule has 0 aliphatic heterocycles. The summed E-state index contributed by atoms with van der Waals surface area (Å²) in [5.74, 6) is -1.33. The average Bonchev–Trinajstić information content (AvgIpc) is 3.19. The second-order valence-electron chi connectivity index (χ2n) is 5.94. The molecular weight excluding hydrogens is 316 g/mol. The minimum atomic E-state index is -1.09. The van der Waals surface area contributed by atoms with Crippen LogP contribution in [0.15, 0.2) is 30.3 Å². The van der Waals surface area contributed by atoms with Crippen molar-refractivity contribution in [2.24, 2.45) is 0 Å². The quantitative estimate of drug-likeness (QED) is 0.903. The van der Waals surface area contributed by atoms with Crippen molar-refractivity contribution in [1.29, 1.82) is 0 Å². The van der Waals surface area contributed by atoms with Gasteiger partial charge in [-0.2, -0.15) is 0 Å². The monoisotopic (exact) mass is 332 g/mol. The molecule has 2 aromatic rings. The fraction of sp³-hybridized carbons (Fsp3) is 0.294. The standard InChI is InChI=1S/C17H17ClN2O3/c1-10-8-14(15(21)19-17(6-7-17)16(22)23)11(2)20(10)13-5-3-4-12(18)9-13/h3-5,8-9H,6-7H2,1-2H3,(H,19,21)(H,22,23). The maximum Gasteiger partial charge on any atom is 0.329 e. The Balaban J connectivity index is 1.95. The highest BCUT2D eigenvalue weighted by Crippen LogP contribution is 2.36. The summed E-state index contributed by atoms with van der Waals surface area (Å²) in [5, 5.41) is 12.5. The number of hydrogen-bond acceptors (Lipinski definition) is 2. The van der Waals surface area contributed by atoms with Crippen molar-refractivity contribution in [3.63, 3.8) is 0 Å². The van der Waals surface area contributed by atoms with Crippen molar-refractivity contribution in [2.75, 3.05) is 0 Å². The molecule has 0 spiro atoms. The molecule has 1 aliphatic rings. The smallest absolute Gasteiger partial charge is 0.329 e. The zero-order valence-electron chi connectivity index (χ0n) is 12.9. The summed E-state index contributed by atoms with van der Waals surface area (Å²) in [5.41, 5.74) is 1.90. The maximum atomic E-state index is 12.5. The number of amides is 1. The van der Waals surface area contributed by atoms with Crippen molar-refractivity contribution in [2.45, 2.75) is 32.2 Å². The summed E-state index contributed by atoms with van der Waals surface area (Å²) < 4.78 is 1.93. The summed E-state index contributed by atoms with van der Waals surface area (Å²) in [7, 11) is 0. The third kappa shape index (κ3) is 2.72. The zero-order chi connectivity index (χ0) is 16.8. The molecule has 6 heteroatoms. The van der Waals surface area contributed by atoms with Crippen LogP contribution in [0.2, 0.25) is 5.02 Å². The number of hydrogen-bond donors (Lipinski definition) is 2. The fourth-order valence-electron chi connectivity index (χ4n) is 2.81. The number of rotatable bonds is 4. The molecule has 1 aromatic carbocycles. The van der Waals surface area contributed by atoms with Crippen LogP contribution in [0.3, 0.4) is 0 Å². The number of halogens is 1. The first kappa shape index (κ1) is 15.6. The summed E-state index contributed by atoms with van der Waals surface area (Å²) in [6, 6.07) is 9.13. The zero-order valence-corrected chi connectivity index (χ0v) is 13.6. The lowest BCUT2D eigenvalue weighted by Gasteiger charge is -2.13. The van der Waals surface area contributed by atoms with Gasteiger partial charge in [0, 0.05) is 22.1 Å². The van der Waals surface area contributed by atoms with E-state index in [1.807, 2.05) is 36.6 Å². The topological polar surface area (TPSA) is 71.3 Å². The van der Waals surface area contributed by atoms with Gasteiger partial charge in [0.25, 0.3) is 5.91 Å². The molecule has 2 N–H and O–H groups in total. The number of carbonyl (C=O) groups excluding carboxylic acids is 1. The second-order valence-corrected chi connectivity index (χ2v) is 6.38. The van der Waals surface area contributed by atoms with E-state index in [2.05, 4.69) is 5.32 Å². The largest absolute Gasteiger partial charge is 0.480 e. The Hall–Kier alpha value is -2.27. The summed E-state index contributed by atoms with van der Waals surface area (Å²) in [4.78, 5) is 23.7. The van der Waals surface area contributed by atoms with E-state index in [1.165, 1.54) is 0 Å². The third-order valence-corrected chi connectivity index (χ3v) is 4.49. The number of carboxylic acid groups (broad SMARTS) is 1. The van der Waals surface area contributed by atoms with Gasteiger partial charge < -0.3 is 15.0 Å². The number of carbonyl (C=O) groups is 2. The number of nitrogens with one attached hydrogen (secondary N) is 1. The lowest BCUT2D eigenvalue weighted by Crippen LogP contribution is -2.43. The third-order valence-electron chi connectivity index (χ3n) is 4.25. The van der Waals surface area contributed by atoms with E-state index in [0.717, 1.165) is 17.1 Å². The molecule has 0 atom stereocenters.